The van der Waals surface area contributed by atoms with E-state index in [2.05, 4.69) is 15.5 Å². The maximum absolute atomic E-state index is 12.5. The zero-order valence-corrected chi connectivity index (χ0v) is 13.8. The lowest BCUT2D eigenvalue weighted by Gasteiger charge is -2.16. The number of H-pyrrole nitrogens is 1. The van der Waals surface area contributed by atoms with Gasteiger partial charge < -0.3 is 5.32 Å². The molecular formula is C13H26N4O2S. The number of rotatable bonds is 8. The molecule has 0 aliphatic heterocycles. The number of nitrogens with zero attached hydrogens (tertiary/aromatic N) is 2. The Morgan fingerprint density at radius 2 is 2.05 bits per heavy atom. The van der Waals surface area contributed by atoms with Crippen molar-refractivity contribution in [2.45, 2.75) is 58.1 Å². The highest BCUT2D eigenvalue weighted by Crippen LogP contribution is 2.20. The molecule has 0 aliphatic rings. The zero-order chi connectivity index (χ0) is 15.3. The van der Waals surface area contributed by atoms with Crippen LogP contribution in [0.1, 0.15) is 44.9 Å². The Kier molecular flexibility index (Phi) is 6.16. The fourth-order valence-electron chi connectivity index (χ4n) is 1.81. The molecule has 0 radical (unpaired) electrons. The van der Waals surface area contributed by atoms with Crippen LogP contribution >= 0.6 is 0 Å². The maximum Gasteiger partial charge on any atom is 0.262 e. The van der Waals surface area contributed by atoms with Crippen molar-refractivity contribution in [1.29, 1.82) is 0 Å². The van der Waals surface area contributed by atoms with E-state index in [9.17, 15) is 8.42 Å². The molecule has 0 spiro atoms. The molecule has 0 unspecified atom stereocenters. The van der Waals surface area contributed by atoms with Crippen molar-refractivity contribution in [2.24, 2.45) is 0 Å². The van der Waals surface area contributed by atoms with Crippen molar-refractivity contribution in [3.8, 4) is 0 Å². The van der Waals surface area contributed by atoms with Gasteiger partial charge in [0.15, 0.2) is 5.03 Å². The molecule has 0 saturated carbocycles. The van der Waals surface area contributed by atoms with Gasteiger partial charge >= 0.3 is 0 Å². The highest BCUT2D eigenvalue weighted by molar-refractivity contribution is 7.89. The van der Waals surface area contributed by atoms with E-state index in [1.807, 2.05) is 27.7 Å². The number of unbranched alkanes of at least 4 members (excludes halogenated alkanes) is 1. The molecule has 0 aromatic carbocycles. The molecule has 1 aromatic heterocycles. The third-order valence-electron chi connectivity index (χ3n) is 3.20. The third-order valence-corrected chi connectivity index (χ3v) is 5.03. The summed E-state index contributed by atoms with van der Waals surface area (Å²) in [6.45, 7) is 8.94. The predicted molar refractivity (Wildman–Crippen MR) is 80.0 cm³/mol. The number of aromatic amines is 1. The number of nitrogens with one attached hydrogen (secondary N) is 2. The van der Waals surface area contributed by atoms with E-state index in [4.69, 9.17) is 0 Å². The van der Waals surface area contributed by atoms with E-state index < -0.39 is 10.0 Å². The highest BCUT2D eigenvalue weighted by Gasteiger charge is 2.27. The summed E-state index contributed by atoms with van der Waals surface area (Å²) in [4.78, 5) is 0. The fourth-order valence-corrected chi connectivity index (χ4v) is 3.17. The van der Waals surface area contributed by atoms with Gasteiger partial charge in [0.05, 0.1) is 0 Å². The minimum atomic E-state index is -3.52. The Labute approximate surface area is 122 Å². The van der Waals surface area contributed by atoms with Gasteiger partial charge in [-0.3, -0.25) is 5.10 Å². The Bertz CT molecular complexity index is 522. The van der Waals surface area contributed by atoms with Crippen molar-refractivity contribution in [3.63, 3.8) is 0 Å². The van der Waals surface area contributed by atoms with Gasteiger partial charge in [-0.05, 0) is 13.3 Å². The summed E-state index contributed by atoms with van der Waals surface area (Å²) in [5, 5.41) is 10.2. The van der Waals surface area contributed by atoms with Gasteiger partial charge in [0.2, 0.25) is 0 Å². The number of aryl methyl sites for hydroxylation is 1. The largest absolute Gasteiger partial charge is 0.310 e. The molecule has 0 amide bonds. The van der Waals surface area contributed by atoms with E-state index in [0.29, 0.717) is 13.1 Å². The first kappa shape index (κ1) is 17.1. The fraction of sp³-hybridized carbons (Fsp3) is 0.769. The summed E-state index contributed by atoms with van der Waals surface area (Å²) in [5.41, 5.74) is 1.52. The number of hydrogen-bond donors (Lipinski definition) is 2. The molecule has 1 aromatic rings. The van der Waals surface area contributed by atoms with E-state index >= 15 is 0 Å². The van der Waals surface area contributed by atoms with Crippen LogP contribution in [-0.4, -0.2) is 42.6 Å². The first-order valence-electron chi connectivity index (χ1n) is 7.04. The van der Waals surface area contributed by atoms with E-state index in [1.165, 1.54) is 4.31 Å². The van der Waals surface area contributed by atoms with Crippen LogP contribution in [0.25, 0.3) is 0 Å². The lowest BCUT2D eigenvalue weighted by atomic mass is 10.2. The van der Waals surface area contributed by atoms with Gasteiger partial charge in [0, 0.05) is 37.4 Å². The van der Waals surface area contributed by atoms with Gasteiger partial charge in [-0.25, -0.2) is 8.42 Å². The topological polar surface area (TPSA) is 78.1 Å². The molecule has 7 heteroatoms. The average Bonchev–Trinajstić information content (AvgIpc) is 2.75. The second-order valence-electron chi connectivity index (χ2n) is 5.35. The number of sulfonamides is 1. The molecule has 2 N–H and O–H groups in total. The molecule has 0 saturated heterocycles. The second kappa shape index (κ2) is 7.19. The summed E-state index contributed by atoms with van der Waals surface area (Å²) < 4.78 is 26.4. The lowest BCUT2D eigenvalue weighted by molar-refractivity contribution is 0.455. The van der Waals surface area contributed by atoms with Crippen LogP contribution in [0.3, 0.4) is 0 Å². The molecule has 1 rings (SSSR count). The first-order chi connectivity index (χ1) is 9.30. The van der Waals surface area contributed by atoms with Crippen LogP contribution < -0.4 is 5.32 Å². The standard InChI is InChI=1S/C13H26N4O2S/c1-6-7-8-17(5)20(18,19)13-12(9-14-10(2)3)11(4)15-16-13/h10,14H,6-9H2,1-5H3,(H,15,16). The molecule has 1 heterocycles. The normalized spacial score (nSPS) is 12.6. The highest BCUT2D eigenvalue weighted by atomic mass is 32.2. The van der Waals surface area contributed by atoms with Crippen molar-refractivity contribution in [1.82, 2.24) is 19.8 Å². The molecule has 0 bridgehead atoms. The van der Waals surface area contributed by atoms with E-state index in [0.717, 1.165) is 24.1 Å². The summed E-state index contributed by atoms with van der Waals surface area (Å²) in [6.07, 6.45) is 1.81. The Morgan fingerprint density at radius 1 is 1.40 bits per heavy atom. The quantitative estimate of drug-likeness (QED) is 0.765. The van der Waals surface area contributed by atoms with Gasteiger partial charge in [-0.15, -0.1) is 0 Å². The second-order valence-corrected chi connectivity index (χ2v) is 7.31. The van der Waals surface area contributed by atoms with Crippen molar-refractivity contribution >= 4 is 10.0 Å². The Balaban J connectivity index is 3.00. The molecule has 116 valence electrons. The molecule has 6 nitrogen and oxygen atoms in total. The van der Waals surface area contributed by atoms with Crippen LogP contribution in [0, 0.1) is 6.92 Å². The Morgan fingerprint density at radius 3 is 2.60 bits per heavy atom. The number of aromatic nitrogens is 2. The Hall–Kier alpha value is -0.920. The molecule has 0 atom stereocenters. The van der Waals surface area contributed by atoms with Crippen molar-refractivity contribution in [3.05, 3.63) is 11.3 Å². The van der Waals surface area contributed by atoms with Crippen LogP contribution in [-0.2, 0) is 16.6 Å². The van der Waals surface area contributed by atoms with Gasteiger partial charge in [-0.1, -0.05) is 27.2 Å². The summed E-state index contributed by atoms with van der Waals surface area (Å²) >= 11 is 0. The average molecular weight is 302 g/mol. The van der Waals surface area contributed by atoms with E-state index in [-0.39, 0.29) is 11.1 Å². The zero-order valence-electron chi connectivity index (χ0n) is 13.0. The molecule has 20 heavy (non-hydrogen) atoms. The lowest BCUT2D eigenvalue weighted by Crippen LogP contribution is -2.30. The molecular weight excluding hydrogens is 276 g/mol. The van der Waals surface area contributed by atoms with E-state index in [1.54, 1.807) is 7.05 Å². The third kappa shape index (κ3) is 4.04. The minimum Gasteiger partial charge on any atom is -0.310 e. The van der Waals surface area contributed by atoms with Crippen molar-refractivity contribution in [2.75, 3.05) is 13.6 Å². The summed E-state index contributed by atoms with van der Waals surface area (Å²) in [7, 11) is -1.91. The first-order valence-corrected chi connectivity index (χ1v) is 8.48. The molecule has 0 fully saturated rings. The van der Waals surface area contributed by atoms with Crippen LogP contribution in [0.15, 0.2) is 5.03 Å². The van der Waals surface area contributed by atoms with Crippen LogP contribution in [0.5, 0.6) is 0 Å². The van der Waals surface area contributed by atoms with Crippen molar-refractivity contribution < 1.29 is 8.42 Å². The van der Waals surface area contributed by atoms with Gasteiger partial charge in [-0.2, -0.15) is 9.40 Å². The van der Waals surface area contributed by atoms with Gasteiger partial charge in [0.1, 0.15) is 0 Å². The van der Waals surface area contributed by atoms with Crippen LogP contribution in [0.4, 0.5) is 0 Å². The minimum absolute atomic E-state index is 0.141. The summed E-state index contributed by atoms with van der Waals surface area (Å²) in [6, 6.07) is 0.290. The van der Waals surface area contributed by atoms with Crippen LogP contribution in [0.2, 0.25) is 0 Å². The number of hydrogen-bond acceptors (Lipinski definition) is 4. The molecule has 0 aliphatic carbocycles. The van der Waals surface area contributed by atoms with Gasteiger partial charge in [0.25, 0.3) is 10.0 Å². The maximum atomic E-state index is 12.5. The monoisotopic (exact) mass is 302 g/mol. The predicted octanol–water partition coefficient (Wildman–Crippen LogP) is 1.64. The SMILES string of the molecule is CCCCN(C)S(=O)(=O)c1n[nH]c(C)c1CNC(C)C. The summed E-state index contributed by atoms with van der Waals surface area (Å²) in [5.74, 6) is 0. The smallest absolute Gasteiger partial charge is 0.262 e.